The first-order chi connectivity index (χ1) is 19.0. The Morgan fingerprint density at radius 2 is 1.88 bits per heavy atom. The maximum atomic E-state index is 13.2. The Morgan fingerprint density at radius 3 is 2.55 bits per heavy atom. The Labute approximate surface area is 236 Å². The molecule has 0 radical (unpaired) electrons. The molecule has 0 aromatic heterocycles. The van der Waals surface area contributed by atoms with Crippen LogP contribution in [0.5, 0.6) is 11.5 Å². The molecule has 3 N–H and O–H groups in total. The number of piperidine rings is 1. The van der Waals surface area contributed by atoms with E-state index in [-0.39, 0.29) is 41.1 Å². The van der Waals surface area contributed by atoms with Crippen molar-refractivity contribution in [2.24, 2.45) is 0 Å². The number of nitrogens with one attached hydrogen (secondary N) is 2. The van der Waals surface area contributed by atoms with Gasteiger partial charge in [-0.3, -0.25) is 0 Å². The number of aliphatic hydroxyl groups is 1. The highest BCUT2D eigenvalue weighted by molar-refractivity contribution is 7.89. The lowest BCUT2D eigenvalue weighted by Crippen LogP contribution is -2.47. The van der Waals surface area contributed by atoms with E-state index in [1.807, 2.05) is 6.92 Å². The molecule has 1 spiro atoms. The summed E-state index contributed by atoms with van der Waals surface area (Å²) < 4.78 is 71.8. The molecule has 2 aromatic rings. The summed E-state index contributed by atoms with van der Waals surface area (Å²) in [6.45, 7) is 5.30. The molecule has 0 amide bonds. The third kappa shape index (κ3) is 7.14. The minimum absolute atomic E-state index is 0.00587. The van der Waals surface area contributed by atoms with Gasteiger partial charge in [0.05, 0.1) is 29.1 Å². The van der Waals surface area contributed by atoms with Crippen LogP contribution < -0.4 is 19.5 Å². The van der Waals surface area contributed by atoms with Crippen LogP contribution in [0.15, 0.2) is 52.3 Å². The van der Waals surface area contributed by atoms with Gasteiger partial charge in [0.1, 0.15) is 24.2 Å². The van der Waals surface area contributed by atoms with E-state index in [9.17, 15) is 21.9 Å². The summed E-state index contributed by atoms with van der Waals surface area (Å²) in [5, 5.41) is 13.8. The standard InChI is InChI=1S/C27H39N3O8S2/c1-4-29-39(32,33)24-7-5-6-23(15-24)37-19-22(31)17-28-21-16-27(38-18-21)10-12-30(13-11-27)40(34,35)25-8-9-26(36-3)20(2)14-25/h5-9,14-15,21-22,28-29,31H,4,10-13,16-19H2,1-3H3. The number of aryl methyl sites for hydroxylation is 1. The van der Waals surface area contributed by atoms with Crippen LogP contribution in [0, 0.1) is 6.92 Å². The first kappa shape index (κ1) is 30.7. The van der Waals surface area contributed by atoms with Gasteiger partial charge in [0.2, 0.25) is 20.0 Å². The van der Waals surface area contributed by atoms with E-state index in [0.29, 0.717) is 44.0 Å². The Balaban J connectivity index is 1.23. The summed E-state index contributed by atoms with van der Waals surface area (Å²) in [5.41, 5.74) is 0.378. The number of hydrogen-bond donors (Lipinski definition) is 3. The molecule has 11 nitrogen and oxygen atoms in total. The van der Waals surface area contributed by atoms with E-state index >= 15 is 0 Å². The molecule has 2 saturated heterocycles. The van der Waals surface area contributed by atoms with Crippen LogP contribution in [0.1, 0.15) is 31.7 Å². The fourth-order valence-electron chi connectivity index (χ4n) is 5.18. The summed E-state index contributed by atoms with van der Waals surface area (Å²) in [5.74, 6) is 1.00. The molecule has 0 saturated carbocycles. The second kappa shape index (κ2) is 12.7. The maximum Gasteiger partial charge on any atom is 0.243 e. The predicted molar refractivity (Wildman–Crippen MR) is 150 cm³/mol. The number of ether oxygens (including phenoxy) is 3. The van der Waals surface area contributed by atoms with Gasteiger partial charge in [0.25, 0.3) is 0 Å². The molecule has 2 fully saturated rings. The Morgan fingerprint density at radius 1 is 1.12 bits per heavy atom. The van der Waals surface area contributed by atoms with Crippen molar-refractivity contribution in [3.8, 4) is 11.5 Å². The van der Waals surface area contributed by atoms with Crippen LogP contribution in [0.4, 0.5) is 0 Å². The fourth-order valence-corrected chi connectivity index (χ4v) is 7.78. The lowest BCUT2D eigenvalue weighted by Gasteiger charge is -2.38. The van der Waals surface area contributed by atoms with E-state index in [1.165, 1.54) is 16.4 Å². The van der Waals surface area contributed by atoms with E-state index in [1.54, 1.807) is 44.4 Å². The molecule has 13 heteroatoms. The number of hydrogen-bond acceptors (Lipinski definition) is 9. The molecule has 2 unspecified atom stereocenters. The SMILES string of the molecule is CCNS(=O)(=O)c1cccc(OCC(O)CNC2COC3(CCN(S(=O)(=O)c4ccc(OC)c(C)c4)CC3)C2)c1. The molecule has 2 atom stereocenters. The smallest absolute Gasteiger partial charge is 0.243 e. The normalized spacial score (nSPS) is 20.4. The van der Waals surface area contributed by atoms with Gasteiger partial charge in [-0.05, 0) is 62.1 Å². The predicted octanol–water partition coefficient (Wildman–Crippen LogP) is 1.64. The summed E-state index contributed by atoms with van der Waals surface area (Å²) in [4.78, 5) is 0.363. The van der Waals surface area contributed by atoms with Crippen LogP contribution in [-0.4, -0.2) is 90.5 Å². The van der Waals surface area contributed by atoms with Gasteiger partial charge in [-0.1, -0.05) is 13.0 Å². The van der Waals surface area contributed by atoms with Crippen molar-refractivity contribution in [2.75, 3.05) is 46.5 Å². The third-order valence-corrected chi connectivity index (χ3v) is 10.8. The number of benzene rings is 2. The summed E-state index contributed by atoms with van der Waals surface area (Å²) >= 11 is 0. The van der Waals surface area contributed by atoms with Crippen molar-refractivity contribution < 1.29 is 36.2 Å². The van der Waals surface area contributed by atoms with E-state index in [0.717, 1.165) is 12.0 Å². The summed E-state index contributed by atoms with van der Waals surface area (Å²) in [6.07, 6.45) is 1.10. The molecule has 4 rings (SSSR count). The van der Waals surface area contributed by atoms with Gasteiger partial charge < -0.3 is 24.6 Å². The van der Waals surface area contributed by atoms with Crippen molar-refractivity contribution in [3.05, 3.63) is 48.0 Å². The maximum absolute atomic E-state index is 13.2. The largest absolute Gasteiger partial charge is 0.496 e. The van der Waals surface area contributed by atoms with Crippen molar-refractivity contribution in [1.29, 1.82) is 0 Å². The number of aliphatic hydroxyl groups excluding tert-OH is 1. The van der Waals surface area contributed by atoms with Gasteiger partial charge in [0.15, 0.2) is 0 Å². The molecule has 40 heavy (non-hydrogen) atoms. The van der Waals surface area contributed by atoms with Gasteiger partial charge >= 0.3 is 0 Å². The highest BCUT2D eigenvalue weighted by atomic mass is 32.2. The number of nitrogens with zero attached hydrogens (tertiary/aromatic N) is 1. The van der Waals surface area contributed by atoms with Gasteiger partial charge in [-0.15, -0.1) is 0 Å². The van der Waals surface area contributed by atoms with Gasteiger partial charge in [0, 0.05) is 38.3 Å². The zero-order valence-electron chi connectivity index (χ0n) is 23.1. The third-order valence-electron chi connectivity index (χ3n) is 7.38. The number of sulfonamides is 2. The lowest BCUT2D eigenvalue weighted by atomic mass is 9.88. The van der Waals surface area contributed by atoms with Crippen molar-refractivity contribution in [1.82, 2.24) is 14.3 Å². The van der Waals surface area contributed by atoms with Crippen molar-refractivity contribution in [3.63, 3.8) is 0 Å². The molecular weight excluding hydrogens is 558 g/mol. The van der Waals surface area contributed by atoms with E-state index in [4.69, 9.17) is 14.2 Å². The molecule has 2 aliphatic rings. The number of rotatable bonds is 12. The first-order valence-electron chi connectivity index (χ1n) is 13.4. The van der Waals surface area contributed by atoms with Crippen LogP contribution >= 0.6 is 0 Å². The molecular formula is C27H39N3O8S2. The van der Waals surface area contributed by atoms with Crippen LogP contribution in [0.2, 0.25) is 0 Å². The molecule has 222 valence electrons. The fraction of sp³-hybridized carbons (Fsp3) is 0.556. The van der Waals surface area contributed by atoms with Crippen LogP contribution in [0.3, 0.4) is 0 Å². The van der Waals surface area contributed by atoms with Crippen LogP contribution in [0.25, 0.3) is 0 Å². The second-order valence-electron chi connectivity index (χ2n) is 10.3. The lowest BCUT2D eigenvalue weighted by molar-refractivity contribution is -0.0312. The topological polar surface area (TPSA) is 144 Å². The van der Waals surface area contributed by atoms with Crippen molar-refractivity contribution >= 4 is 20.0 Å². The van der Waals surface area contributed by atoms with Gasteiger partial charge in [-0.2, -0.15) is 4.31 Å². The Kier molecular flexibility index (Phi) is 9.76. The Bertz CT molecular complexity index is 1380. The monoisotopic (exact) mass is 597 g/mol. The van der Waals surface area contributed by atoms with E-state index < -0.39 is 26.2 Å². The molecule has 0 aliphatic carbocycles. The average Bonchev–Trinajstić information content (AvgIpc) is 3.33. The van der Waals surface area contributed by atoms with Crippen LogP contribution in [-0.2, 0) is 24.8 Å². The molecule has 0 bridgehead atoms. The molecule has 2 heterocycles. The number of methoxy groups -OCH3 is 1. The average molecular weight is 598 g/mol. The quantitative estimate of drug-likeness (QED) is 0.333. The first-order valence-corrected chi connectivity index (χ1v) is 16.3. The highest BCUT2D eigenvalue weighted by Crippen LogP contribution is 2.37. The zero-order valence-corrected chi connectivity index (χ0v) is 24.8. The highest BCUT2D eigenvalue weighted by Gasteiger charge is 2.44. The molecule has 2 aliphatic heterocycles. The summed E-state index contributed by atoms with van der Waals surface area (Å²) in [6, 6.07) is 11.1. The molecule has 2 aromatic carbocycles. The van der Waals surface area contributed by atoms with Gasteiger partial charge in [-0.25, -0.2) is 21.6 Å². The zero-order chi connectivity index (χ0) is 29.0. The Hall–Kier alpha value is -2.26. The minimum Gasteiger partial charge on any atom is -0.496 e. The summed E-state index contributed by atoms with van der Waals surface area (Å²) in [7, 11) is -5.65. The van der Waals surface area contributed by atoms with Crippen molar-refractivity contribution in [2.45, 2.75) is 60.6 Å². The van der Waals surface area contributed by atoms with E-state index in [2.05, 4.69) is 10.0 Å². The second-order valence-corrected chi connectivity index (χ2v) is 14.0. The minimum atomic E-state index is -3.61.